The molecule has 2 N–H and O–H groups in total. The maximum absolute atomic E-state index is 12.4. The van der Waals surface area contributed by atoms with Gasteiger partial charge in [-0.1, -0.05) is 26.2 Å². The minimum absolute atomic E-state index is 0.0865. The molecule has 2 aliphatic carbocycles. The maximum Gasteiger partial charge on any atom is 0.317 e. The van der Waals surface area contributed by atoms with E-state index < -0.39 is 11.9 Å². The molecule has 1 spiro atoms. The molecule has 0 aromatic heterocycles. The lowest BCUT2D eigenvalue weighted by atomic mass is 9.55. The Balaban J connectivity index is 1.93. The van der Waals surface area contributed by atoms with Crippen molar-refractivity contribution in [2.45, 2.75) is 64.5 Å². The number of urea groups is 1. The first-order valence-corrected chi connectivity index (χ1v) is 8.76. The lowest BCUT2D eigenvalue weighted by molar-refractivity contribution is -0.147. The van der Waals surface area contributed by atoms with E-state index >= 15 is 0 Å². The zero-order valence-corrected chi connectivity index (χ0v) is 14.5. The van der Waals surface area contributed by atoms with Crippen molar-refractivity contribution in [3.05, 3.63) is 0 Å². The summed E-state index contributed by atoms with van der Waals surface area (Å²) in [6.45, 7) is 4.56. The summed E-state index contributed by atoms with van der Waals surface area (Å²) < 4.78 is 5.90. The molecule has 2 aliphatic rings. The zero-order valence-electron chi connectivity index (χ0n) is 14.5. The second kappa shape index (κ2) is 7.51. The fourth-order valence-corrected chi connectivity index (χ4v) is 4.10. The first kappa shape index (κ1) is 18.0. The number of rotatable bonds is 6. The van der Waals surface area contributed by atoms with Gasteiger partial charge in [-0.3, -0.25) is 4.79 Å². The number of carbonyl (C=O) groups excluding carboxylic acids is 1. The largest absolute Gasteiger partial charge is 0.481 e. The number of carboxylic acids is 1. The van der Waals surface area contributed by atoms with E-state index in [9.17, 15) is 9.59 Å². The van der Waals surface area contributed by atoms with Crippen LogP contribution in [-0.4, -0.2) is 54.4 Å². The molecule has 132 valence electrons. The Bertz CT molecular complexity index is 434. The van der Waals surface area contributed by atoms with E-state index in [4.69, 9.17) is 9.84 Å². The summed E-state index contributed by atoms with van der Waals surface area (Å²) in [6.07, 6.45) is 6.99. The third-order valence-corrected chi connectivity index (χ3v) is 5.55. The molecule has 0 saturated heterocycles. The van der Waals surface area contributed by atoms with Crippen LogP contribution in [0.25, 0.3) is 0 Å². The van der Waals surface area contributed by atoms with E-state index in [0.29, 0.717) is 6.61 Å². The molecule has 3 atom stereocenters. The number of carboxylic acid groups (broad SMARTS) is 1. The highest BCUT2D eigenvalue weighted by Crippen LogP contribution is 2.53. The average molecular weight is 326 g/mol. The summed E-state index contributed by atoms with van der Waals surface area (Å²) in [5, 5.41) is 12.1. The van der Waals surface area contributed by atoms with Crippen LogP contribution in [0.15, 0.2) is 0 Å². The fraction of sp³-hybridized carbons (Fsp3) is 0.882. The zero-order chi connectivity index (χ0) is 17.0. The second-order valence-corrected chi connectivity index (χ2v) is 7.10. The van der Waals surface area contributed by atoms with Gasteiger partial charge in [-0.05, 0) is 26.2 Å². The molecule has 2 fully saturated rings. The molecule has 6 nitrogen and oxygen atoms in total. The highest BCUT2D eigenvalue weighted by molar-refractivity contribution is 5.76. The van der Waals surface area contributed by atoms with Gasteiger partial charge in [0.15, 0.2) is 0 Å². The Labute approximate surface area is 138 Å². The first-order valence-electron chi connectivity index (χ1n) is 8.76. The smallest absolute Gasteiger partial charge is 0.317 e. The molecule has 2 amide bonds. The summed E-state index contributed by atoms with van der Waals surface area (Å²) >= 11 is 0. The number of aliphatic carboxylic acids is 1. The molecule has 0 bridgehead atoms. The van der Waals surface area contributed by atoms with Gasteiger partial charge < -0.3 is 20.1 Å². The van der Waals surface area contributed by atoms with Gasteiger partial charge in [0.2, 0.25) is 0 Å². The number of carbonyl (C=O) groups is 2. The SMILES string of the molecule is CCOC1CC(NC(=O)N(C)CC(C)C(=O)O)C12CCCCC2. The minimum Gasteiger partial charge on any atom is -0.481 e. The first-order chi connectivity index (χ1) is 10.9. The van der Waals surface area contributed by atoms with Crippen LogP contribution in [0.5, 0.6) is 0 Å². The third kappa shape index (κ3) is 3.79. The summed E-state index contributed by atoms with van der Waals surface area (Å²) in [5.41, 5.74) is 0.0865. The molecule has 6 heteroatoms. The second-order valence-electron chi connectivity index (χ2n) is 7.10. The number of nitrogens with one attached hydrogen (secondary N) is 1. The van der Waals surface area contributed by atoms with E-state index in [-0.39, 0.29) is 30.1 Å². The van der Waals surface area contributed by atoms with Gasteiger partial charge in [0.1, 0.15) is 0 Å². The summed E-state index contributed by atoms with van der Waals surface area (Å²) in [7, 11) is 1.65. The van der Waals surface area contributed by atoms with Gasteiger partial charge in [0.25, 0.3) is 0 Å². The molecule has 3 unspecified atom stereocenters. The predicted molar refractivity (Wildman–Crippen MR) is 87.3 cm³/mol. The highest BCUT2D eigenvalue weighted by atomic mass is 16.5. The molecule has 0 aliphatic heterocycles. The van der Waals surface area contributed by atoms with Crippen LogP contribution in [0, 0.1) is 11.3 Å². The topological polar surface area (TPSA) is 78.9 Å². The van der Waals surface area contributed by atoms with E-state index in [1.165, 1.54) is 24.2 Å². The van der Waals surface area contributed by atoms with Gasteiger partial charge in [-0.25, -0.2) is 4.79 Å². The molecule has 2 saturated carbocycles. The predicted octanol–water partition coefficient (Wildman–Crippen LogP) is 2.48. The molecule has 0 heterocycles. The third-order valence-electron chi connectivity index (χ3n) is 5.55. The monoisotopic (exact) mass is 326 g/mol. The normalized spacial score (nSPS) is 27.1. The van der Waals surface area contributed by atoms with Crippen molar-refractivity contribution < 1.29 is 19.4 Å². The molecule has 0 aromatic rings. The minimum atomic E-state index is -0.881. The fourth-order valence-electron chi connectivity index (χ4n) is 4.10. The Morgan fingerprint density at radius 2 is 2.00 bits per heavy atom. The molecule has 23 heavy (non-hydrogen) atoms. The summed E-state index contributed by atoms with van der Waals surface area (Å²) in [6, 6.07) is -0.0302. The van der Waals surface area contributed by atoms with Crippen molar-refractivity contribution in [2.24, 2.45) is 11.3 Å². The molecular formula is C17H30N2O4. The Morgan fingerprint density at radius 3 is 2.57 bits per heavy atom. The maximum atomic E-state index is 12.4. The van der Waals surface area contributed by atoms with Crippen molar-refractivity contribution in [3.8, 4) is 0 Å². The Morgan fingerprint density at radius 1 is 1.35 bits per heavy atom. The van der Waals surface area contributed by atoms with Crippen molar-refractivity contribution in [2.75, 3.05) is 20.2 Å². The van der Waals surface area contributed by atoms with Gasteiger partial charge in [-0.2, -0.15) is 0 Å². The van der Waals surface area contributed by atoms with Crippen molar-refractivity contribution in [1.82, 2.24) is 10.2 Å². The lowest BCUT2D eigenvalue weighted by Gasteiger charge is -2.57. The molecule has 0 radical (unpaired) electrons. The number of ether oxygens (including phenoxy) is 1. The number of hydrogen-bond acceptors (Lipinski definition) is 3. The standard InChI is InChI=1S/C17H30N2O4/c1-4-23-14-10-13(17(14)8-6-5-7-9-17)18-16(22)19(3)11-12(2)15(20)21/h12-14H,4-11H2,1-3H3,(H,18,22)(H,20,21). The van der Waals surface area contributed by atoms with E-state index in [2.05, 4.69) is 5.32 Å². The van der Waals surface area contributed by atoms with Gasteiger partial charge >= 0.3 is 12.0 Å². The molecule has 2 rings (SSSR count). The Hall–Kier alpha value is -1.30. The van der Waals surface area contributed by atoms with E-state index in [1.54, 1.807) is 14.0 Å². The van der Waals surface area contributed by atoms with Gasteiger partial charge in [0, 0.05) is 31.7 Å². The Kier molecular flexibility index (Phi) is 5.89. The number of hydrogen-bond donors (Lipinski definition) is 2. The van der Waals surface area contributed by atoms with Crippen LogP contribution in [0.3, 0.4) is 0 Å². The van der Waals surface area contributed by atoms with Crippen LogP contribution < -0.4 is 5.32 Å². The number of amides is 2. The van der Waals surface area contributed by atoms with Gasteiger partial charge in [0.05, 0.1) is 12.0 Å². The van der Waals surface area contributed by atoms with Crippen LogP contribution >= 0.6 is 0 Å². The average Bonchev–Trinajstić information content (AvgIpc) is 2.54. The lowest BCUT2D eigenvalue weighted by Crippen LogP contribution is -2.66. The van der Waals surface area contributed by atoms with Crippen LogP contribution in [0.1, 0.15) is 52.4 Å². The van der Waals surface area contributed by atoms with Crippen LogP contribution in [0.4, 0.5) is 4.79 Å². The molecular weight excluding hydrogens is 296 g/mol. The quantitative estimate of drug-likeness (QED) is 0.786. The number of nitrogens with zero attached hydrogens (tertiary/aromatic N) is 1. The van der Waals surface area contributed by atoms with Crippen molar-refractivity contribution in [3.63, 3.8) is 0 Å². The summed E-state index contributed by atoms with van der Waals surface area (Å²) in [5.74, 6) is -1.44. The van der Waals surface area contributed by atoms with Gasteiger partial charge in [-0.15, -0.1) is 0 Å². The summed E-state index contributed by atoms with van der Waals surface area (Å²) in [4.78, 5) is 24.8. The highest BCUT2D eigenvalue weighted by Gasteiger charge is 2.56. The van der Waals surface area contributed by atoms with Crippen LogP contribution in [0.2, 0.25) is 0 Å². The molecule has 0 aromatic carbocycles. The van der Waals surface area contributed by atoms with E-state index in [1.807, 2.05) is 6.92 Å². The van der Waals surface area contributed by atoms with Crippen molar-refractivity contribution >= 4 is 12.0 Å². The van der Waals surface area contributed by atoms with Crippen LogP contribution in [-0.2, 0) is 9.53 Å². The van der Waals surface area contributed by atoms with E-state index in [0.717, 1.165) is 19.3 Å². The van der Waals surface area contributed by atoms with Crippen molar-refractivity contribution in [1.29, 1.82) is 0 Å².